The van der Waals surface area contributed by atoms with E-state index in [-0.39, 0.29) is 0 Å². The molecule has 1 atom stereocenters. The lowest BCUT2D eigenvalue weighted by Gasteiger charge is -2.40. The van der Waals surface area contributed by atoms with Crippen molar-refractivity contribution in [3.63, 3.8) is 0 Å². The number of nitriles is 1. The Bertz CT molecular complexity index is 504. The van der Waals surface area contributed by atoms with Gasteiger partial charge in [0.05, 0.1) is 5.56 Å². The van der Waals surface area contributed by atoms with Crippen LogP contribution in [0.2, 0.25) is 0 Å². The average molecular weight is 258 g/mol. The van der Waals surface area contributed by atoms with Gasteiger partial charge in [0.2, 0.25) is 0 Å². The molecule has 0 N–H and O–H groups in total. The van der Waals surface area contributed by atoms with E-state index in [4.69, 9.17) is 0 Å². The Morgan fingerprint density at radius 1 is 1.42 bits per heavy atom. The number of anilines is 1. The lowest BCUT2D eigenvalue weighted by atomic mass is 10.1. The predicted molar refractivity (Wildman–Crippen MR) is 77.3 cm³/mol. The van der Waals surface area contributed by atoms with Gasteiger partial charge in [-0.25, -0.2) is 4.98 Å². The molecular formula is C15H22N4. The summed E-state index contributed by atoms with van der Waals surface area (Å²) in [4.78, 5) is 9.27. The van der Waals surface area contributed by atoms with Crippen LogP contribution in [0.4, 0.5) is 5.82 Å². The standard InChI is InChI=1S/C15H22N4/c1-5-13-10-19(7-6-18(13)4)15-14(9-16)11(2)8-12(3)17-15/h8,13H,5-7,10H2,1-4H3. The van der Waals surface area contributed by atoms with Gasteiger partial charge < -0.3 is 4.90 Å². The van der Waals surface area contributed by atoms with Gasteiger partial charge in [-0.05, 0) is 38.9 Å². The highest BCUT2D eigenvalue weighted by Crippen LogP contribution is 2.24. The summed E-state index contributed by atoms with van der Waals surface area (Å²) in [7, 11) is 2.17. The van der Waals surface area contributed by atoms with Crippen LogP contribution in [-0.4, -0.2) is 42.6 Å². The number of hydrogen-bond acceptors (Lipinski definition) is 4. The zero-order valence-corrected chi connectivity index (χ0v) is 12.3. The molecule has 0 spiro atoms. The number of likely N-dealkylation sites (N-methyl/N-ethyl adjacent to an activating group) is 1. The second kappa shape index (κ2) is 5.58. The number of aryl methyl sites for hydroxylation is 2. The van der Waals surface area contributed by atoms with E-state index >= 15 is 0 Å². The topological polar surface area (TPSA) is 43.2 Å². The van der Waals surface area contributed by atoms with Crippen LogP contribution in [0.1, 0.15) is 30.2 Å². The Kier molecular flexibility index (Phi) is 4.06. The minimum absolute atomic E-state index is 0.544. The quantitative estimate of drug-likeness (QED) is 0.815. The van der Waals surface area contributed by atoms with Crippen LogP contribution in [-0.2, 0) is 0 Å². The fraction of sp³-hybridized carbons (Fsp3) is 0.600. The summed E-state index contributed by atoms with van der Waals surface area (Å²) in [6, 6.07) is 4.84. The molecule has 2 heterocycles. The summed E-state index contributed by atoms with van der Waals surface area (Å²) in [6.07, 6.45) is 1.12. The van der Waals surface area contributed by atoms with Gasteiger partial charge in [0, 0.05) is 31.4 Å². The van der Waals surface area contributed by atoms with Gasteiger partial charge >= 0.3 is 0 Å². The third kappa shape index (κ3) is 2.71. The highest BCUT2D eigenvalue weighted by atomic mass is 15.3. The van der Waals surface area contributed by atoms with Crippen LogP contribution in [0.15, 0.2) is 6.07 Å². The number of piperazine rings is 1. The van der Waals surface area contributed by atoms with Crippen LogP contribution < -0.4 is 4.90 Å². The molecule has 0 radical (unpaired) electrons. The minimum atomic E-state index is 0.544. The van der Waals surface area contributed by atoms with E-state index in [1.54, 1.807) is 0 Å². The van der Waals surface area contributed by atoms with Crippen molar-refractivity contribution in [1.82, 2.24) is 9.88 Å². The molecule has 102 valence electrons. The third-order valence-corrected chi connectivity index (χ3v) is 3.99. The molecule has 1 unspecified atom stereocenters. The molecule has 0 amide bonds. The van der Waals surface area contributed by atoms with Gasteiger partial charge in [-0.1, -0.05) is 6.92 Å². The van der Waals surface area contributed by atoms with Gasteiger partial charge in [0.25, 0.3) is 0 Å². The maximum Gasteiger partial charge on any atom is 0.147 e. The van der Waals surface area contributed by atoms with Crippen molar-refractivity contribution in [3.05, 3.63) is 22.9 Å². The predicted octanol–water partition coefficient (Wildman–Crippen LogP) is 2.10. The molecule has 2 rings (SSSR count). The summed E-state index contributed by atoms with van der Waals surface area (Å²) in [5, 5.41) is 9.37. The van der Waals surface area contributed by atoms with Crippen molar-refractivity contribution < 1.29 is 0 Å². The first-order chi connectivity index (χ1) is 9.06. The molecule has 0 aliphatic carbocycles. The van der Waals surface area contributed by atoms with E-state index in [1.807, 2.05) is 19.9 Å². The molecule has 1 aliphatic rings. The Balaban J connectivity index is 2.34. The smallest absolute Gasteiger partial charge is 0.147 e. The second-order valence-corrected chi connectivity index (χ2v) is 5.38. The molecular weight excluding hydrogens is 236 g/mol. The van der Waals surface area contributed by atoms with Gasteiger partial charge in [0.15, 0.2) is 0 Å². The lowest BCUT2D eigenvalue weighted by Crippen LogP contribution is -2.51. The Morgan fingerprint density at radius 2 is 2.16 bits per heavy atom. The number of rotatable bonds is 2. The van der Waals surface area contributed by atoms with Crippen molar-refractivity contribution in [3.8, 4) is 6.07 Å². The van der Waals surface area contributed by atoms with Gasteiger partial charge in [-0.3, -0.25) is 4.90 Å². The largest absolute Gasteiger partial charge is 0.353 e. The van der Waals surface area contributed by atoms with Crippen LogP contribution >= 0.6 is 0 Å². The van der Waals surface area contributed by atoms with E-state index in [9.17, 15) is 5.26 Å². The number of hydrogen-bond donors (Lipinski definition) is 0. The van der Waals surface area contributed by atoms with E-state index in [0.717, 1.165) is 48.7 Å². The zero-order chi connectivity index (χ0) is 14.0. The molecule has 0 bridgehead atoms. The maximum atomic E-state index is 9.37. The molecule has 4 nitrogen and oxygen atoms in total. The molecule has 1 aliphatic heterocycles. The first-order valence-corrected chi connectivity index (χ1v) is 6.90. The van der Waals surface area contributed by atoms with Crippen molar-refractivity contribution in [2.45, 2.75) is 33.2 Å². The highest BCUT2D eigenvalue weighted by Gasteiger charge is 2.25. The number of pyridine rings is 1. The van der Waals surface area contributed by atoms with Crippen molar-refractivity contribution in [2.75, 3.05) is 31.6 Å². The molecule has 1 aromatic rings. The van der Waals surface area contributed by atoms with Gasteiger partial charge in [-0.15, -0.1) is 0 Å². The molecule has 0 aromatic carbocycles. The third-order valence-electron chi connectivity index (χ3n) is 3.99. The molecule has 1 saturated heterocycles. The normalized spacial score (nSPS) is 20.4. The number of nitrogens with zero attached hydrogens (tertiary/aromatic N) is 4. The van der Waals surface area contributed by atoms with E-state index in [1.165, 1.54) is 0 Å². The number of aromatic nitrogens is 1. The molecule has 0 saturated carbocycles. The summed E-state index contributed by atoms with van der Waals surface area (Å²) in [5.74, 6) is 0.867. The van der Waals surface area contributed by atoms with Crippen molar-refractivity contribution in [2.24, 2.45) is 0 Å². The molecule has 1 aromatic heterocycles. The van der Waals surface area contributed by atoms with E-state index < -0.39 is 0 Å². The Hall–Kier alpha value is -1.60. The molecule has 19 heavy (non-hydrogen) atoms. The van der Waals surface area contributed by atoms with Crippen LogP contribution in [0.25, 0.3) is 0 Å². The van der Waals surface area contributed by atoms with Crippen molar-refractivity contribution >= 4 is 5.82 Å². The van der Waals surface area contributed by atoms with E-state index in [0.29, 0.717) is 6.04 Å². The molecule has 1 fully saturated rings. The first-order valence-electron chi connectivity index (χ1n) is 6.90. The fourth-order valence-corrected chi connectivity index (χ4v) is 2.76. The first kappa shape index (κ1) is 13.8. The van der Waals surface area contributed by atoms with Crippen molar-refractivity contribution in [1.29, 1.82) is 5.26 Å². The summed E-state index contributed by atoms with van der Waals surface area (Å²) in [6.45, 7) is 9.12. The summed E-state index contributed by atoms with van der Waals surface area (Å²) in [5.41, 5.74) is 2.74. The van der Waals surface area contributed by atoms with E-state index in [2.05, 4.69) is 34.8 Å². The van der Waals surface area contributed by atoms with Crippen LogP contribution in [0.5, 0.6) is 0 Å². The summed E-state index contributed by atoms with van der Waals surface area (Å²) >= 11 is 0. The highest BCUT2D eigenvalue weighted by molar-refractivity contribution is 5.58. The average Bonchev–Trinajstić information content (AvgIpc) is 2.38. The lowest BCUT2D eigenvalue weighted by molar-refractivity contribution is 0.213. The monoisotopic (exact) mass is 258 g/mol. The Labute approximate surface area is 115 Å². The summed E-state index contributed by atoms with van der Waals surface area (Å²) < 4.78 is 0. The van der Waals surface area contributed by atoms with Crippen LogP contribution in [0.3, 0.4) is 0 Å². The Morgan fingerprint density at radius 3 is 2.79 bits per heavy atom. The fourth-order valence-electron chi connectivity index (χ4n) is 2.76. The maximum absolute atomic E-state index is 9.37. The van der Waals surface area contributed by atoms with Gasteiger partial charge in [0.1, 0.15) is 11.9 Å². The SMILES string of the molecule is CCC1CN(c2nc(C)cc(C)c2C#N)CCN1C. The van der Waals surface area contributed by atoms with Crippen LogP contribution in [0, 0.1) is 25.2 Å². The molecule has 4 heteroatoms. The van der Waals surface area contributed by atoms with Gasteiger partial charge in [-0.2, -0.15) is 5.26 Å². The zero-order valence-electron chi connectivity index (χ0n) is 12.3. The minimum Gasteiger partial charge on any atom is -0.353 e. The second-order valence-electron chi connectivity index (χ2n) is 5.38.